The molecule has 0 radical (unpaired) electrons. The molecule has 3 N–H and O–H groups in total. The lowest BCUT2D eigenvalue weighted by molar-refractivity contribution is -0.895. The number of hydrogen-bond acceptors (Lipinski definition) is 2. The Labute approximate surface area is 108 Å². The third kappa shape index (κ3) is 3.01. The third-order valence-electron chi connectivity index (χ3n) is 3.61. The molecule has 1 heterocycles. The number of carbonyl (C=O) groups excluding carboxylic acids is 1. The molecule has 0 aromatic heterocycles. The van der Waals surface area contributed by atoms with Crippen LogP contribution in [0.1, 0.15) is 12.5 Å². The Kier molecular flexibility index (Phi) is 3.87. The molecular weight excluding hydrogens is 226 g/mol. The van der Waals surface area contributed by atoms with Crippen LogP contribution in [0.25, 0.3) is 0 Å². The normalized spacial score (nSPS) is 24.0. The van der Waals surface area contributed by atoms with E-state index >= 15 is 0 Å². The van der Waals surface area contributed by atoms with E-state index in [0.717, 1.165) is 19.6 Å². The smallest absolute Gasteiger partial charge is 0.272 e. The second-order valence-corrected chi connectivity index (χ2v) is 5.23. The van der Waals surface area contributed by atoms with Crippen LogP contribution in [0.4, 0.5) is 5.69 Å². The molecule has 2 rings (SSSR count). The minimum atomic E-state index is -0.207. The molecule has 0 spiro atoms. The van der Waals surface area contributed by atoms with Crippen molar-refractivity contribution < 1.29 is 9.69 Å². The lowest BCUT2D eigenvalue weighted by atomic mass is 10.1. The number of amides is 1. The predicted molar refractivity (Wildman–Crippen MR) is 72.7 cm³/mol. The second-order valence-electron chi connectivity index (χ2n) is 5.23. The predicted octanol–water partition coefficient (Wildman–Crippen LogP) is -0.426. The molecule has 0 saturated carbocycles. The number of nitrogens with two attached hydrogens (primary N) is 1. The molecule has 2 atom stereocenters. The van der Waals surface area contributed by atoms with Crippen molar-refractivity contribution in [3.8, 4) is 0 Å². The number of rotatable bonds is 3. The summed E-state index contributed by atoms with van der Waals surface area (Å²) >= 11 is 0. The van der Waals surface area contributed by atoms with Crippen molar-refractivity contribution in [1.29, 1.82) is 0 Å². The average Bonchev–Trinajstić information content (AvgIpc) is 2.30. The van der Waals surface area contributed by atoms with Gasteiger partial charge in [0.1, 0.15) is 0 Å². The number of aryl methyl sites for hydroxylation is 1. The van der Waals surface area contributed by atoms with Gasteiger partial charge in [0.2, 0.25) is 0 Å². The highest BCUT2D eigenvalue weighted by atomic mass is 16.1. The highest BCUT2D eigenvalue weighted by Gasteiger charge is 2.27. The van der Waals surface area contributed by atoms with Crippen molar-refractivity contribution in [2.24, 2.45) is 5.73 Å². The number of nitrogens with zero attached hydrogens (tertiary/aromatic N) is 1. The van der Waals surface area contributed by atoms with E-state index in [1.54, 1.807) is 0 Å². The summed E-state index contributed by atoms with van der Waals surface area (Å²) in [6.07, 6.45) is 0. The molecule has 1 aromatic rings. The van der Waals surface area contributed by atoms with Crippen molar-refractivity contribution in [3.05, 3.63) is 29.8 Å². The molecule has 18 heavy (non-hydrogen) atoms. The van der Waals surface area contributed by atoms with Crippen LogP contribution < -0.4 is 15.5 Å². The highest BCUT2D eigenvalue weighted by Crippen LogP contribution is 2.17. The van der Waals surface area contributed by atoms with Crippen molar-refractivity contribution in [2.45, 2.75) is 19.9 Å². The molecule has 0 aliphatic carbocycles. The Balaban J connectivity index is 2.01. The summed E-state index contributed by atoms with van der Waals surface area (Å²) in [5.41, 5.74) is 7.81. The molecule has 1 aliphatic rings. The van der Waals surface area contributed by atoms with E-state index in [-0.39, 0.29) is 5.91 Å². The summed E-state index contributed by atoms with van der Waals surface area (Å²) < 4.78 is 0. The maximum atomic E-state index is 11.0. The summed E-state index contributed by atoms with van der Waals surface area (Å²) in [6, 6.07) is 9.07. The Hall–Kier alpha value is -1.55. The lowest BCUT2D eigenvalue weighted by Gasteiger charge is -2.38. The summed E-state index contributed by atoms with van der Waals surface area (Å²) in [6.45, 7) is 7.68. The van der Waals surface area contributed by atoms with Gasteiger partial charge in [-0.1, -0.05) is 17.7 Å². The van der Waals surface area contributed by atoms with Gasteiger partial charge in [-0.15, -0.1) is 0 Å². The minimum absolute atomic E-state index is 0.207. The molecule has 1 saturated heterocycles. The molecular formula is C14H22N3O+. The zero-order valence-corrected chi connectivity index (χ0v) is 11.1. The number of piperazine rings is 1. The van der Waals surface area contributed by atoms with Crippen molar-refractivity contribution >= 4 is 11.6 Å². The quantitative estimate of drug-likeness (QED) is 0.763. The number of primary amides is 1. The summed E-state index contributed by atoms with van der Waals surface area (Å²) in [5.74, 6) is -0.207. The van der Waals surface area contributed by atoms with Gasteiger partial charge < -0.3 is 15.5 Å². The van der Waals surface area contributed by atoms with Gasteiger partial charge in [-0.2, -0.15) is 0 Å². The Morgan fingerprint density at radius 3 is 2.67 bits per heavy atom. The van der Waals surface area contributed by atoms with Gasteiger partial charge in [0.15, 0.2) is 6.54 Å². The first-order chi connectivity index (χ1) is 8.56. The van der Waals surface area contributed by atoms with Gasteiger partial charge in [0.05, 0.1) is 25.7 Å². The fraction of sp³-hybridized carbons (Fsp3) is 0.500. The number of quaternary nitrogens is 1. The standard InChI is InChI=1S/C14H21N3O/c1-11-3-5-13(6-4-11)17-8-7-16(9-12(17)2)10-14(15)18/h3-6,12H,7-10H2,1-2H3,(H2,15,18)/p+1/t12-/m0/s1. The van der Waals surface area contributed by atoms with Gasteiger partial charge >= 0.3 is 0 Å². The van der Waals surface area contributed by atoms with Gasteiger partial charge in [-0.3, -0.25) is 4.79 Å². The fourth-order valence-corrected chi connectivity index (χ4v) is 2.66. The Morgan fingerprint density at radius 1 is 1.44 bits per heavy atom. The summed E-state index contributed by atoms with van der Waals surface area (Å²) in [7, 11) is 0. The molecule has 1 aliphatic heterocycles. The largest absolute Gasteiger partial charge is 0.365 e. The van der Waals surface area contributed by atoms with Crippen LogP contribution in [0.3, 0.4) is 0 Å². The monoisotopic (exact) mass is 248 g/mol. The zero-order chi connectivity index (χ0) is 13.1. The number of benzene rings is 1. The molecule has 1 aromatic carbocycles. The summed E-state index contributed by atoms with van der Waals surface area (Å²) in [4.78, 5) is 14.6. The molecule has 1 unspecified atom stereocenters. The van der Waals surface area contributed by atoms with E-state index in [0.29, 0.717) is 12.6 Å². The van der Waals surface area contributed by atoms with Crippen molar-refractivity contribution in [1.82, 2.24) is 0 Å². The van der Waals surface area contributed by atoms with Crippen LogP contribution in [0.15, 0.2) is 24.3 Å². The molecule has 98 valence electrons. The number of hydrogen-bond donors (Lipinski definition) is 2. The van der Waals surface area contributed by atoms with Gasteiger partial charge in [-0.05, 0) is 26.0 Å². The van der Waals surface area contributed by atoms with Crippen molar-refractivity contribution in [2.75, 3.05) is 31.1 Å². The van der Waals surface area contributed by atoms with E-state index in [2.05, 4.69) is 43.0 Å². The van der Waals surface area contributed by atoms with Gasteiger partial charge in [0, 0.05) is 5.69 Å². The number of anilines is 1. The third-order valence-corrected chi connectivity index (χ3v) is 3.61. The lowest BCUT2D eigenvalue weighted by Crippen LogP contribution is -3.16. The van der Waals surface area contributed by atoms with Crippen LogP contribution in [-0.2, 0) is 4.79 Å². The van der Waals surface area contributed by atoms with Crippen LogP contribution in [0.5, 0.6) is 0 Å². The van der Waals surface area contributed by atoms with E-state index in [1.165, 1.54) is 16.2 Å². The van der Waals surface area contributed by atoms with E-state index in [1.807, 2.05) is 0 Å². The second kappa shape index (κ2) is 5.40. The summed E-state index contributed by atoms with van der Waals surface area (Å²) in [5, 5.41) is 0. The first-order valence-corrected chi connectivity index (χ1v) is 6.51. The zero-order valence-electron chi connectivity index (χ0n) is 11.1. The first-order valence-electron chi connectivity index (χ1n) is 6.51. The minimum Gasteiger partial charge on any atom is -0.365 e. The number of carbonyl (C=O) groups is 1. The maximum Gasteiger partial charge on any atom is 0.272 e. The van der Waals surface area contributed by atoms with Gasteiger partial charge in [-0.25, -0.2) is 0 Å². The van der Waals surface area contributed by atoms with E-state index in [9.17, 15) is 4.79 Å². The van der Waals surface area contributed by atoms with E-state index < -0.39 is 0 Å². The highest BCUT2D eigenvalue weighted by molar-refractivity contribution is 5.74. The van der Waals surface area contributed by atoms with Crippen LogP contribution >= 0.6 is 0 Å². The van der Waals surface area contributed by atoms with Crippen LogP contribution in [-0.4, -0.2) is 38.1 Å². The SMILES string of the molecule is Cc1ccc(N2CC[NH+](CC(N)=O)C[C@@H]2C)cc1. The molecule has 0 bridgehead atoms. The van der Waals surface area contributed by atoms with Gasteiger partial charge in [0.25, 0.3) is 5.91 Å². The first kappa shape index (κ1) is 12.9. The molecule has 4 heteroatoms. The molecule has 1 amide bonds. The number of nitrogens with one attached hydrogen (secondary N) is 1. The maximum absolute atomic E-state index is 11.0. The fourth-order valence-electron chi connectivity index (χ4n) is 2.66. The average molecular weight is 248 g/mol. The molecule has 1 fully saturated rings. The Bertz CT molecular complexity index is 416. The topological polar surface area (TPSA) is 50.8 Å². The van der Waals surface area contributed by atoms with Crippen LogP contribution in [0, 0.1) is 6.92 Å². The Morgan fingerprint density at radius 2 is 2.11 bits per heavy atom. The van der Waals surface area contributed by atoms with Crippen molar-refractivity contribution in [3.63, 3.8) is 0 Å². The molecule has 4 nitrogen and oxygen atoms in total. The van der Waals surface area contributed by atoms with Crippen LogP contribution in [0.2, 0.25) is 0 Å². The van der Waals surface area contributed by atoms with E-state index in [4.69, 9.17) is 5.73 Å².